The fraction of sp³-hybridized carbons (Fsp3) is 0.833. The fourth-order valence-electron chi connectivity index (χ4n) is 1.39. The maximum absolute atomic E-state index is 5.56. The number of hydrogen-bond acceptors (Lipinski definition) is 5. The molecular formula is C6H11N5O. The zero-order valence-corrected chi connectivity index (χ0v) is 6.68. The topological polar surface area (TPSA) is 78.9 Å². The highest BCUT2D eigenvalue weighted by atomic mass is 16.5. The van der Waals surface area contributed by atoms with Crippen LogP contribution in [0.15, 0.2) is 0 Å². The molecule has 0 saturated carbocycles. The van der Waals surface area contributed by atoms with Crippen molar-refractivity contribution in [1.82, 2.24) is 20.2 Å². The van der Waals surface area contributed by atoms with E-state index in [0.29, 0.717) is 12.0 Å². The van der Waals surface area contributed by atoms with Gasteiger partial charge in [-0.15, -0.1) is 0 Å². The van der Waals surface area contributed by atoms with E-state index in [2.05, 4.69) is 15.5 Å². The van der Waals surface area contributed by atoms with Crippen LogP contribution in [0.5, 0.6) is 0 Å². The fourth-order valence-corrected chi connectivity index (χ4v) is 1.39. The lowest BCUT2D eigenvalue weighted by Gasteiger charge is -2.21. The largest absolute Gasteiger partial charge is 0.381 e. The Morgan fingerprint density at radius 1 is 1.42 bits per heavy atom. The quantitative estimate of drug-likeness (QED) is 0.619. The molecule has 0 atom stereocenters. The summed E-state index contributed by atoms with van der Waals surface area (Å²) >= 11 is 0. The molecule has 0 radical (unpaired) electrons. The van der Waals surface area contributed by atoms with Crippen molar-refractivity contribution < 1.29 is 4.74 Å². The summed E-state index contributed by atoms with van der Waals surface area (Å²) in [7, 11) is 0. The van der Waals surface area contributed by atoms with Crippen LogP contribution in [-0.2, 0) is 4.74 Å². The Hall–Kier alpha value is -1.17. The van der Waals surface area contributed by atoms with Crippen molar-refractivity contribution in [1.29, 1.82) is 0 Å². The Morgan fingerprint density at radius 3 is 2.75 bits per heavy atom. The molecule has 6 heteroatoms. The maximum Gasteiger partial charge on any atom is 0.240 e. The summed E-state index contributed by atoms with van der Waals surface area (Å²) in [6.45, 7) is 1.54. The third kappa shape index (κ3) is 1.25. The van der Waals surface area contributed by atoms with Crippen LogP contribution >= 0.6 is 0 Å². The number of aromatic nitrogens is 4. The van der Waals surface area contributed by atoms with Gasteiger partial charge in [-0.1, -0.05) is 5.10 Å². The molecule has 1 fully saturated rings. The molecule has 2 rings (SSSR count). The van der Waals surface area contributed by atoms with Crippen LogP contribution < -0.4 is 5.73 Å². The van der Waals surface area contributed by atoms with E-state index in [1.54, 1.807) is 4.68 Å². The van der Waals surface area contributed by atoms with Gasteiger partial charge in [0.2, 0.25) is 5.95 Å². The number of hydrogen-bond donors (Lipinski definition) is 1. The lowest BCUT2D eigenvalue weighted by atomic mass is 10.1. The van der Waals surface area contributed by atoms with Gasteiger partial charge in [-0.3, -0.25) is 0 Å². The van der Waals surface area contributed by atoms with Crippen molar-refractivity contribution in [3.63, 3.8) is 0 Å². The zero-order chi connectivity index (χ0) is 8.39. The standard InChI is InChI=1S/C6H11N5O/c7-6-8-9-10-11(6)5-1-3-12-4-2-5/h5H,1-4H2,(H2,7,8,10). The van der Waals surface area contributed by atoms with Gasteiger partial charge in [0.25, 0.3) is 0 Å². The van der Waals surface area contributed by atoms with Gasteiger partial charge in [-0.05, 0) is 23.3 Å². The lowest BCUT2D eigenvalue weighted by molar-refractivity contribution is 0.0663. The number of nitrogen functional groups attached to an aromatic ring is 1. The second kappa shape index (κ2) is 3.06. The molecule has 2 heterocycles. The van der Waals surface area contributed by atoms with E-state index < -0.39 is 0 Å². The van der Waals surface area contributed by atoms with Crippen molar-refractivity contribution in [3.8, 4) is 0 Å². The summed E-state index contributed by atoms with van der Waals surface area (Å²) in [6, 6.07) is 0.314. The summed E-state index contributed by atoms with van der Waals surface area (Å²) < 4.78 is 6.88. The summed E-state index contributed by atoms with van der Waals surface area (Å²) in [5, 5.41) is 10.9. The van der Waals surface area contributed by atoms with Gasteiger partial charge in [0, 0.05) is 13.2 Å². The normalized spacial score (nSPS) is 19.7. The molecule has 2 N–H and O–H groups in total. The molecule has 0 aromatic carbocycles. The molecule has 0 aliphatic carbocycles. The summed E-state index contributed by atoms with van der Waals surface area (Å²) in [5.41, 5.74) is 5.56. The molecule has 0 spiro atoms. The highest BCUT2D eigenvalue weighted by molar-refractivity contribution is 5.11. The predicted octanol–water partition coefficient (Wildman–Crippen LogP) is -0.393. The predicted molar refractivity (Wildman–Crippen MR) is 41.3 cm³/mol. The second-order valence-corrected chi connectivity index (χ2v) is 2.83. The van der Waals surface area contributed by atoms with Gasteiger partial charge >= 0.3 is 0 Å². The molecule has 66 valence electrons. The lowest BCUT2D eigenvalue weighted by Crippen LogP contribution is -2.21. The summed E-state index contributed by atoms with van der Waals surface area (Å²) in [5.74, 6) is 0.391. The third-order valence-corrected chi connectivity index (χ3v) is 2.05. The van der Waals surface area contributed by atoms with E-state index in [0.717, 1.165) is 26.1 Å². The van der Waals surface area contributed by atoms with Gasteiger partial charge in [-0.2, -0.15) is 0 Å². The van der Waals surface area contributed by atoms with Crippen LogP contribution in [0.3, 0.4) is 0 Å². The molecule has 1 saturated heterocycles. The molecule has 0 amide bonds. The van der Waals surface area contributed by atoms with Crippen molar-refractivity contribution in [2.24, 2.45) is 0 Å². The van der Waals surface area contributed by atoms with E-state index in [1.807, 2.05) is 0 Å². The molecule has 0 unspecified atom stereocenters. The highest BCUT2D eigenvalue weighted by Gasteiger charge is 2.18. The molecule has 1 aromatic rings. The minimum atomic E-state index is 0.314. The average molecular weight is 169 g/mol. The van der Waals surface area contributed by atoms with Gasteiger partial charge in [0.15, 0.2) is 0 Å². The molecule has 6 nitrogen and oxygen atoms in total. The van der Waals surface area contributed by atoms with E-state index in [-0.39, 0.29) is 0 Å². The van der Waals surface area contributed by atoms with Crippen molar-refractivity contribution in [2.45, 2.75) is 18.9 Å². The number of nitrogens with two attached hydrogens (primary N) is 1. The van der Waals surface area contributed by atoms with Gasteiger partial charge in [-0.25, -0.2) is 4.68 Å². The molecular weight excluding hydrogens is 158 g/mol. The molecule has 0 bridgehead atoms. The monoisotopic (exact) mass is 169 g/mol. The summed E-state index contributed by atoms with van der Waals surface area (Å²) in [4.78, 5) is 0. The highest BCUT2D eigenvalue weighted by Crippen LogP contribution is 2.20. The first-order valence-corrected chi connectivity index (χ1v) is 3.99. The SMILES string of the molecule is Nc1nnnn1C1CCOCC1. The van der Waals surface area contributed by atoms with Crippen molar-refractivity contribution in [2.75, 3.05) is 18.9 Å². The number of rotatable bonds is 1. The smallest absolute Gasteiger partial charge is 0.240 e. The number of anilines is 1. The van der Waals surface area contributed by atoms with Crippen LogP contribution in [0, 0.1) is 0 Å². The van der Waals surface area contributed by atoms with Crippen LogP contribution in [-0.4, -0.2) is 33.4 Å². The van der Waals surface area contributed by atoms with E-state index in [4.69, 9.17) is 10.5 Å². The average Bonchev–Trinajstić information content (AvgIpc) is 2.53. The van der Waals surface area contributed by atoms with Gasteiger partial charge < -0.3 is 10.5 Å². The van der Waals surface area contributed by atoms with Crippen LogP contribution in [0.1, 0.15) is 18.9 Å². The Labute approximate surface area is 69.7 Å². The van der Waals surface area contributed by atoms with Crippen molar-refractivity contribution >= 4 is 5.95 Å². The van der Waals surface area contributed by atoms with Crippen LogP contribution in [0.2, 0.25) is 0 Å². The van der Waals surface area contributed by atoms with E-state index >= 15 is 0 Å². The first-order valence-electron chi connectivity index (χ1n) is 3.99. The minimum absolute atomic E-state index is 0.314. The van der Waals surface area contributed by atoms with E-state index in [1.165, 1.54) is 0 Å². The minimum Gasteiger partial charge on any atom is -0.381 e. The number of nitrogens with zero attached hydrogens (tertiary/aromatic N) is 4. The van der Waals surface area contributed by atoms with Crippen LogP contribution in [0.25, 0.3) is 0 Å². The Bertz CT molecular complexity index is 254. The Balaban J connectivity index is 2.13. The molecule has 12 heavy (non-hydrogen) atoms. The maximum atomic E-state index is 5.56. The number of tetrazole rings is 1. The van der Waals surface area contributed by atoms with Crippen LogP contribution in [0.4, 0.5) is 5.95 Å². The molecule has 1 aromatic heterocycles. The van der Waals surface area contributed by atoms with E-state index in [9.17, 15) is 0 Å². The molecule has 1 aliphatic heterocycles. The Kier molecular flexibility index (Phi) is 1.91. The van der Waals surface area contributed by atoms with Gasteiger partial charge in [0.1, 0.15) is 0 Å². The van der Waals surface area contributed by atoms with Gasteiger partial charge in [0.05, 0.1) is 6.04 Å². The Morgan fingerprint density at radius 2 is 2.17 bits per heavy atom. The third-order valence-electron chi connectivity index (χ3n) is 2.05. The second-order valence-electron chi connectivity index (χ2n) is 2.83. The first-order chi connectivity index (χ1) is 5.88. The zero-order valence-electron chi connectivity index (χ0n) is 6.68. The van der Waals surface area contributed by atoms with Crippen molar-refractivity contribution in [3.05, 3.63) is 0 Å². The molecule has 1 aliphatic rings. The summed E-state index contributed by atoms with van der Waals surface area (Å²) in [6.07, 6.45) is 1.88. The first kappa shape index (κ1) is 7.48. The number of ether oxygens (including phenoxy) is 1.